The zero-order valence-corrected chi connectivity index (χ0v) is 18.0. The molecule has 2 aromatic heterocycles. The Morgan fingerprint density at radius 1 is 0.788 bits per heavy atom. The molecule has 0 saturated carbocycles. The topological polar surface area (TPSA) is 26.0 Å². The lowest BCUT2D eigenvalue weighted by molar-refractivity contribution is -0.254. The number of oxazole rings is 1. The number of hydrogen-bond donors (Lipinski definition) is 0. The molecule has 0 bridgehead atoms. The average Bonchev–Trinajstić information content (AvgIpc) is 3.33. The van der Waals surface area contributed by atoms with E-state index in [1.165, 1.54) is 26.0 Å². The van der Waals surface area contributed by atoms with E-state index < -0.39 is 34.6 Å². The van der Waals surface area contributed by atoms with Crippen molar-refractivity contribution in [3.63, 3.8) is 0 Å². The van der Waals surface area contributed by atoms with Crippen LogP contribution in [0.1, 0.15) is 21.9 Å². The van der Waals surface area contributed by atoms with Crippen molar-refractivity contribution in [3.05, 3.63) is 76.5 Å². The lowest BCUT2D eigenvalue weighted by Gasteiger charge is -2.25. The average molecular weight is 479 g/mol. The Hall–Kier alpha value is -3.07. The van der Waals surface area contributed by atoms with Crippen LogP contribution in [0.15, 0.2) is 59.0 Å². The van der Waals surface area contributed by atoms with E-state index in [0.29, 0.717) is 10.3 Å². The van der Waals surface area contributed by atoms with Crippen LogP contribution in [-0.4, -0.2) is 22.8 Å². The Bertz CT molecular complexity index is 1420. The van der Waals surface area contributed by atoms with Crippen LogP contribution in [0.4, 0.5) is 26.3 Å². The summed E-state index contributed by atoms with van der Waals surface area (Å²) in [5.41, 5.74) is -3.56. The molecule has 0 fully saturated rings. The first-order valence-electron chi connectivity index (χ1n) is 9.89. The number of allylic oxidation sites excluding steroid dienone is 2. The molecule has 4 aromatic rings. The van der Waals surface area contributed by atoms with Crippen molar-refractivity contribution in [2.75, 3.05) is 0 Å². The standard InChI is InChI=1S/C24H15F6NOS/c1-12-20(31-21(32-12)14-8-4-3-5-9-14)19-18(22(25,26)24(29,30)23(19,27)28)17-13(2)33-16-11-7-6-10-15(16)17/h3-11H,1-2H3. The van der Waals surface area contributed by atoms with Crippen molar-refractivity contribution in [3.8, 4) is 11.5 Å². The number of halogens is 6. The van der Waals surface area contributed by atoms with Crippen LogP contribution < -0.4 is 0 Å². The number of alkyl halides is 6. The molecule has 2 nitrogen and oxygen atoms in total. The fraction of sp³-hybridized carbons (Fsp3) is 0.208. The number of aromatic nitrogens is 1. The molecule has 1 aliphatic carbocycles. The second-order valence-corrected chi connectivity index (χ2v) is 9.05. The smallest absolute Gasteiger partial charge is 0.380 e. The summed E-state index contributed by atoms with van der Waals surface area (Å²) in [6, 6.07) is 14.4. The lowest BCUT2D eigenvalue weighted by Crippen LogP contribution is -2.49. The van der Waals surface area contributed by atoms with Gasteiger partial charge < -0.3 is 4.42 Å². The Morgan fingerprint density at radius 2 is 1.39 bits per heavy atom. The van der Waals surface area contributed by atoms with Gasteiger partial charge in [-0.1, -0.05) is 36.4 Å². The Kier molecular flexibility index (Phi) is 4.59. The van der Waals surface area contributed by atoms with Crippen molar-refractivity contribution in [1.82, 2.24) is 4.98 Å². The van der Waals surface area contributed by atoms with Gasteiger partial charge in [0, 0.05) is 31.7 Å². The number of rotatable bonds is 3. The zero-order valence-electron chi connectivity index (χ0n) is 17.2. The van der Waals surface area contributed by atoms with Crippen molar-refractivity contribution < 1.29 is 30.8 Å². The van der Waals surface area contributed by atoms with Crippen molar-refractivity contribution >= 4 is 32.6 Å². The van der Waals surface area contributed by atoms with E-state index in [2.05, 4.69) is 4.98 Å². The first kappa shape index (κ1) is 21.8. The minimum Gasteiger partial charge on any atom is -0.441 e. The van der Waals surface area contributed by atoms with Crippen molar-refractivity contribution in [2.24, 2.45) is 0 Å². The summed E-state index contributed by atoms with van der Waals surface area (Å²) in [5, 5.41) is 0.199. The molecule has 2 aromatic carbocycles. The highest BCUT2D eigenvalue weighted by Crippen LogP contribution is 2.66. The predicted molar refractivity (Wildman–Crippen MR) is 115 cm³/mol. The Labute approximate surface area is 188 Å². The summed E-state index contributed by atoms with van der Waals surface area (Å²) in [6.07, 6.45) is 0. The van der Waals surface area contributed by atoms with Crippen LogP contribution in [-0.2, 0) is 0 Å². The highest BCUT2D eigenvalue weighted by Gasteiger charge is 2.81. The van der Waals surface area contributed by atoms with Gasteiger partial charge in [0.25, 0.3) is 0 Å². The van der Waals surface area contributed by atoms with Gasteiger partial charge in [-0.3, -0.25) is 0 Å². The van der Waals surface area contributed by atoms with E-state index in [1.807, 2.05) is 0 Å². The van der Waals surface area contributed by atoms with E-state index >= 15 is 17.6 Å². The molecule has 9 heteroatoms. The van der Waals surface area contributed by atoms with Crippen LogP contribution in [0.3, 0.4) is 0 Å². The molecule has 0 amide bonds. The minimum atomic E-state index is -5.65. The monoisotopic (exact) mass is 479 g/mol. The molecule has 2 heterocycles. The van der Waals surface area contributed by atoms with E-state index in [4.69, 9.17) is 4.42 Å². The first-order valence-corrected chi connectivity index (χ1v) is 10.7. The van der Waals surface area contributed by atoms with Gasteiger partial charge in [0.2, 0.25) is 5.89 Å². The lowest BCUT2D eigenvalue weighted by atomic mass is 9.95. The van der Waals surface area contributed by atoms with Gasteiger partial charge in [0.15, 0.2) is 0 Å². The molecule has 0 atom stereocenters. The summed E-state index contributed by atoms with van der Waals surface area (Å²) in [5.74, 6) is -16.4. The van der Waals surface area contributed by atoms with E-state index in [0.717, 1.165) is 11.3 Å². The number of aryl methyl sites for hydroxylation is 2. The molecule has 33 heavy (non-hydrogen) atoms. The third-order valence-corrected chi connectivity index (χ3v) is 6.83. The van der Waals surface area contributed by atoms with Gasteiger partial charge in [-0.15, -0.1) is 11.3 Å². The summed E-state index contributed by atoms with van der Waals surface area (Å²) in [6.45, 7) is 2.68. The SMILES string of the molecule is Cc1oc(-c2ccccc2)nc1C1=C(c2c(C)sc3ccccc23)C(F)(F)C(F)(F)C1(F)F. The molecule has 0 N–H and O–H groups in total. The quantitative estimate of drug-likeness (QED) is 0.278. The predicted octanol–water partition coefficient (Wildman–Crippen LogP) is 8.00. The first-order chi connectivity index (χ1) is 15.5. The summed E-state index contributed by atoms with van der Waals surface area (Å²) in [7, 11) is 0. The molecule has 0 saturated heterocycles. The second kappa shape index (κ2) is 6.96. The second-order valence-electron chi connectivity index (χ2n) is 7.79. The van der Waals surface area contributed by atoms with Crippen molar-refractivity contribution in [1.29, 1.82) is 0 Å². The highest BCUT2D eigenvalue weighted by molar-refractivity contribution is 7.19. The Morgan fingerprint density at radius 3 is 2.09 bits per heavy atom. The number of nitrogens with zero attached hydrogens (tertiary/aromatic N) is 1. The number of thiophene rings is 1. The largest absolute Gasteiger partial charge is 0.441 e. The van der Waals surface area contributed by atoms with Gasteiger partial charge in [0.1, 0.15) is 11.5 Å². The number of benzene rings is 2. The summed E-state index contributed by atoms with van der Waals surface area (Å²) in [4.78, 5) is 4.21. The maximum Gasteiger partial charge on any atom is 0.380 e. The van der Waals surface area contributed by atoms with Crippen molar-refractivity contribution in [2.45, 2.75) is 31.6 Å². The van der Waals surface area contributed by atoms with Crippen LogP contribution in [0, 0.1) is 13.8 Å². The molecule has 0 spiro atoms. The zero-order chi connectivity index (χ0) is 23.8. The van der Waals surface area contributed by atoms with Crippen LogP contribution >= 0.6 is 11.3 Å². The highest BCUT2D eigenvalue weighted by atomic mass is 32.1. The maximum atomic E-state index is 15.2. The van der Waals surface area contributed by atoms with Gasteiger partial charge in [-0.2, -0.15) is 26.3 Å². The van der Waals surface area contributed by atoms with Gasteiger partial charge >= 0.3 is 17.8 Å². The molecular weight excluding hydrogens is 464 g/mol. The van der Waals surface area contributed by atoms with E-state index in [-0.39, 0.29) is 27.5 Å². The van der Waals surface area contributed by atoms with Gasteiger partial charge in [-0.25, -0.2) is 4.98 Å². The summed E-state index contributed by atoms with van der Waals surface area (Å²) < 4.78 is 96.1. The number of hydrogen-bond acceptors (Lipinski definition) is 3. The molecule has 0 aliphatic heterocycles. The Balaban J connectivity index is 1.88. The molecule has 170 valence electrons. The third kappa shape index (κ3) is 2.84. The number of fused-ring (bicyclic) bond motifs is 1. The van der Waals surface area contributed by atoms with Gasteiger partial charge in [-0.05, 0) is 32.0 Å². The van der Waals surface area contributed by atoms with Crippen LogP contribution in [0.25, 0.3) is 32.7 Å². The molecule has 5 rings (SSSR count). The van der Waals surface area contributed by atoms with E-state index in [1.54, 1.807) is 42.5 Å². The molecule has 1 aliphatic rings. The van der Waals surface area contributed by atoms with Gasteiger partial charge in [0.05, 0.1) is 5.57 Å². The fourth-order valence-corrected chi connectivity index (χ4v) is 5.26. The van der Waals surface area contributed by atoms with Crippen LogP contribution in [0.5, 0.6) is 0 Å². The van der Waals surface area contributed by atoms with Crippen LogP contribution in [0.2, 0.25) is 0 Å². The minimum absolute atomic E-state index is 0.129. The van der Waals surface area contributed by atoms with E-state index in [9.17, 15) is 8.78 Å². The third-order valence-electron chi connectivity index (χ3n) is 5.74. The maximum absolute atomic E-state index is 15.2. The summed E-state index contributed by atoms with van der Waals surface area (Å²) >= 11 is 1.07. The normalized spacial score (nSPS) is 18.9. The molecule has 0 radical (unpaired) electrons. The molecular formula is C24H15F6NOS. The fourth-order valence-electron chi connectivity index (χ4n) is 4.19. The molecule has 0 unspecified atom stereocenters.